The molecule has 34 heavy (non-hydrogen) atoms. The minimum Gasteiger partial charge on any atom is -0.379 e. The van der Waals surface area contributed by atoms with Crippen LogP contribution in [0.2, 0.25) is 0 Å². The average Bonchev–Trinajstić information content (AvgIpc) is 3.40. The summed E-state index contributed by atoms with van der Waals surface area (Å²) in [5, 5.41) is 14.9. The lowest BCUT2D eigenvalue weighted by atomic mass is 9.96. The number of aliphatic imine (C=N–C) groups is 1. The van der Waals surface area contributed by atoms with Crippen molar-refractivity contribution in [2.45, 2.75) is 25.3 Å². The van der Waals surface area contributed by atoms with Crippen molar-refractivity contribution in [1.82, 2.24) is 5.32 Å². The molecule has 0 radical (unpaired) electrons. The van der Waals surface area contributed by atoms with Gasteiger partial charge in [0.2, 0.25) is 6.19 Å². The maximum atomic E-state index is 13.3. The van der Waals surface area contributed by atoms with Gasteiger partial charge in [0.15, 0.2) is 0 Å². The second-order valence-electron chi connectivity index (χ2n) is 8.04. The van der Waals surface area contributed by atoms with E-state index in [0.717, 1.165) is 15.0 Å². The Balaban J connectivity index is 1.51. The van der Waals surface area contributed by atoms with Crippen molar-refractivity contribution in [1.29, 1.82) is 5.26 Å². The van der Waals surface area contributed by atoms with Crippen LogP contribution < -0.4 is 15.5 Å². The monoisotopic (exact) mass is 545 g/mol. The summed E-state index contributed by atoms with van der Waals surface area (Å²) in [5.74, 6) is 0.0245. The second kappa shape index (κ2) is 10.7. The molecule has 1 aromatic heterocycles. The molecule has 178 valence electrons. The molecule has 2 aromatic rings. The Morgan fingerprint density at radius 1 is 1.24 bits per heavy atom. The third kappa shape index (κ3) is 5.31. The van der Waals surface area contributed by atoms with Crippen LogP contribution in [0, 0.1) is 18.4 Å². The van der Waals surface area contributed by atoms with Crippen molar-refractivity contribution in [2.24, 2.45) is 4.99 Å². The van der Waals surface area contributed by atoms with Crippen LogP contribution in [-0.4, -0.2) is 56.2 Å². The minimum absolute atomic E-state index is 0.107. The fraction of sp³-hybridized carbons (Fsp3) is 0.391. The van der Waals surface area contributed by atoms with Gasteiger partial charge in [-0.25, -0.2) is 0 Å². The summed E-state index contributed by atoms with van der Waals surface area (Å²) in [7, 11) is 0. The first kappa shape index (κ1) is 24.3. The van der Waals surface area contributed by atoms with Crippen LogP contribution in [0.15, 0.2) is 39.1 Å². The number of ether oxygens (including phenoxy) is 2. The number of amides is 2. The Hall–Kier alpha value is -2.78. The predicted molar refractivity (Wildman–Crippen MR) is 133 cm³/mol. The number of benzene rings is 1. The topological polar surface area (TPSA) is 116 Å². The third-order valence-corrected chi connectivity index (χ3v) is 7.39. The molecule has 2 amide bonds. The molecule has 2 aliphatic rings. The van der Waals surface area contributed by atoms with Crippen molar-refractivity contribution >= 4 is 56.3 Å². The summed E-state index contributed by atoms with van der Waals surface area (Å²) in [5.41, 5.74) is 1.27. The second-order valence-corrected chi connectivity index (χ2v) is 10.5. The number of aryl methyl sites for hydroxylation is 1. The number of carbonyl (C=O) groups is 2. The number of anilines is 2. The predicted octanol–water partition coefficient (Wildman–Crippen LogP) is 3.45. The van der Waals surface area contributed by atoms with Crippen LogP contribution in [0.4, 0.5) is 11.4 Å². The zero-order valence-electron chi connectivity index (χ0n) is 18.6. The number of nitriles is 1. The lowest BCUT2D eigenvalue weighted by Gasteiger charge is -2.28. The highest BCUT2D eigenvalue weighted by Crippen LogP contribution is 2.28. The van der Waals surface area contributed by atoms with Gasteiger partial charge in [-0.3, -0.25) is 9.59 Å². The lowest BCUT2D eigenvalue weighted by Crippen LogP contribution is -2.57. The Labute approximate surface area is 209 Å². The van der Waals surface area contributed by atoms with Crippen LogP contribution in [0.1, 0.15) is 28.1 Å². The highest BCUT2D eigenvalue weighted by Gasteiger charge is 2.44. The Morgan fingerprint density at radius 2 is 2.09 bits per heavy atom. The van der Waals surface area contributed by atoms with E-state index in [4.69, 9.17) is 14.7 Å². The number of hydrogen-bond donors (Lipinski definition) is 2. The van der Waals surface area contributed by atoms with Crippen molar-refractivity contribution < 1.29 is 19.1 Å². The van der Waals surface area contributed by atoms with E-state index in [9.17, 15) is 9.59 Å². The molecule has 2 fully saturated rings. The molecule has 0 saturated carbocycles. The van der Waals surface area contributed by atoms with E-state index in [1.54, 1.807) is 18.2 Å². The zero-order valence-corrected chi connectivity index (χ0v) is 21.0. The smallest absolute Gasteiger partial charge is 0.262 e. The van der Waals surface area contributed by atoms with Gasteiger partial charge in [0, 0.05) is 37.4 Å². The third-order valence-electron chi connectivity index (χ3n) is 5.77. The summed E-state index contributed by atoms with van der Waals surface area (Å²) < 4.78 is 11.9. The quantitative estimate of drug-likeness (QED) is 0.556. The van der Waals surface area contributed by atoms with Crippen molar-refractivity contribution in [3.63, 3.8) is 0 Å². The van der Waals surface area contributed by atoms with E-state index in [-0.39, 0.29) is 18.4 Å². The van der Waals surface area contributed by atoms with Crippen LogP contribution in [-0.2, 0) is 14.3 Å². The van der Waals surface area contributed by atoms with Gasteiger partial charge in [-0.15, -0.1) is 11.3 Å². The molecule has 0 bridgehead atoms. The minimum atomic E-state index is -1.14. The molecular weight excluding hydrogens is 522 g/mol. The van der Waals surface area contributed by atoms with E-state index in [1.807, 2.05) is 30.1 Å². The lowest BCUT2D eigenvalue weighted by molar-refractivity contribution is -0.122. The normalized spacial score (nSPS) is 21.7. The molecule has 1 unspecified atom stereocenters. The number of nitrogens with zero attached hydrogens (tertiary/aromatic N) is 3. The molecule has 0 aliphatic carbocycles. The average molecular weight is 546 g/mol. The number of carbonyl (C=O) groups excluding carboxylic acids is 2. The highest BCUT2D eigenvalue weighted by molar-refractivity contribution is 9.11. The summed E-state index contributed by atoms with van der Waals surface area (Å²) in [6.07, 6.45) is 2.81. The maximum Gasteiger partial charge on any atom is 0.262 e. The number of thiophene rings is 1. The van der Waals surface area contributed by atoms with Gasteiger partial charge in [-0.05, 0) is 58.7 Å². The fourth-order valence-corrected chi connectivity index (χ4v) is 5.30. The van der Waals surface area contributed by atoms with Crippen molar-refractivity contribution in [3.05, 3.63) is 44.6 Å². The maximum absolute atomic E-state index is 13.3. The van der Waals surface area contributed by atoms with Crippen molar-refractivity contribution in [3.8, 4) is 6.19 Å². The molecule has 1 aromatic carbocycles. The molecule has 2 saturated heterocycles. The van der Waals surface area contributed by atoms with Crippen molar-refractivity contribution in [2.75, 3.05) is 43.2 Å². The molecular formula is C23H24BrN5O4S. The first-order valence-corrected chi connectivity index (χ1v) is 12.4. The number of rotatable bonds is 5. The number of amidine groups is 1. The van der Waals surface area contributed by atoms with E-state index in [1.165, 1.54) is 11.3 Å². The molecule has 2 aliphatic heterocycles. The number of nitrogens with one attached hydrogen (secondary N) is 2. The van der Waals surface area contributed by atoms with Gasteiger partial charge in [-0.1, -0.05) is 0 Å². The van der Waals surface area contributed by atoms with E-state index < -0.39 is 5.54 Å². The Kier molecular flexibility index (Phi) is 7.63. The molecule has 9 nitrogen and oxygen atoms in total. The summed E-state index contributed by atoms with van der Waals surface area (Å²) in [6, 6.07) is 9.07. The zero-order chi connectivity index (χ0) is 24.1. The summed E-state index contributed by atoms with van der Waals surface area (Å²) in [4.78, 5) is 32.5. The number of halogens is 1. The largest absolute Gasteiger partial charge is 0.379 e. The summed E-state index contributed by atoms with van der Waals surface area (Å²) >= 11 is 4.66. The first-order chi connectivity index (χ1) is 16.4. The van der Waals surface area contributed by atoms with Gasteiger partial charge >= 0.3 is 0 Å². The molecule has 11 heteroatoms. The molecule has 1 atom stereocenters. The van der Waals surface area contributed by atoms with Gasteiger partial charge < -0.3 is 25.0 Å². The highest BCUT2D eigenvalue weighted by atomic mass is 79.9. The van der Waals surface area contributed by atoms with E-state index in [0.29, 0.717) is 55.6 Å². The van der Waals surface area contributed by atoms with E-state index >= 15 is 0 Å². The SMILES string of the molecule is Cc1cc(NC(=O)C2(NC(=O)c3ccc(Br)s3)CCOC2)ccc1N1CCOCCC1=NC#N. The first-order valence-electron chi connectivity index (χ1n) is 10.8. The Morgan fingerprint density at radius 3 is 2.76 bits per heavy atom. The molecule has 4 rings (SSSR count). The van der Waals surface area contributed by atoms with Crippen LogP contribution >= 0.6 is 27.3 Å². The Bertz CT molecular complexity index is 1150. The van der Waals surface area contributed by atoms with Crippen LogP contribution in [0.5, 0.6) is 0 Å². The molecule has 0 spiro atoms. The van der Waals surface area contributed by atoms with Crippen LogP contribution in [0.25, 0.3) is 0 Å². The van der Waals surface area contributed by atoms with Gasteiger partial charge in [0.05, 0.1) is 28.5 Å². The standard InChI is InChI=1S/C23H24BrN5O4S/c1-15-12-16(2-3-17(15)29-8-11-32-9-6-20(29)26-14-25)27-22(31)23(7-10-33-13-23)28-21(30)18-4-5-19(24)34-18/h2-5,12H,6-11,13H2,1H3,(H,27,31)(H,28,30). The number of hydrogen-bond acceptors (Lipinski definition) is 7. The van der Waals surface area contributed by atoms with E-state index in [2.05, 4.69) is 31.6 Å². The molecule has 3 heterocycles. The molecule has 2 N–H and O–H groups in total. The summed E-state index contributed by atoms with van der Waals surface area (Å²) in [6.45, 7) is 4.06. The van der Waals surface area contributed by atoms with Crippen LogP contribution in [0.3, 0.4) is 0 Å². The fourth-order valence-electron chi connectivity index (χ4n) is 4.02. The van der Waals surface area contributed by atoms with Gasteiger partial charge in [0.25, 0.3) is 11.8 Å². The van der Waals surface area contributed by atoms with Gasteiger partial charge in [0.1, 0.15) is 11.4 Å². The van der Waals surface area contributed by atoms with Gasteiger partial charge in [-0.2, -0.15) is 10.3 Å².